The standard InChI is InChI=1S/C18H24N4O/c1-3-22-16(9-12-19-22)10-13-20(2)17-11-14-21(18(17)23)15-7-5-4-6-8-15/h4-9,12,17H,3,10-11,13-14H2,1-2H3/t17-/m1/s1. The van der Waals surface area contributed by atoms with Gasteiger partial charge in [0.15, 0.2) is 0 Å². The van der Waals surface area contributed by atoms with Crippen molar-refractivity contribution in [3.63, 3.8) is 0 Å². The molecule has 23 heavy (non-hydrogen) atoms. The highest BCUT2D eigenvalue weighted by Crippen LogP contribution is 2.23. The summed E-state index contributed by atoms with van der Waals surface area (Å²) < 4.78 is 2.01. The molecule has 0 spiro atoms. The predicted octanol–water partition coefficient (Wildman–Crippen LogP) is 2.18. The van der Waals surface area contributed by atoms with Crippen molar-refractivity contribution in [1.82, 2.24) is 14.7 Å². The average molecular weight is 312 g/mol. The zero-order valence-corrected chi connectivity index (χ0v) is 13.9. The fourth-order valence-corrected chi connectivity index (χ4v) is 3.24. The molecule has 3 rings (SSSR count). The van der Waals surface area contributed by atoms with Crippen LogP contribution in [0.5, 0.6) is 0 Å². The third-order valence-corrected chi connectivity index (χ3v) is 4.60. The zero-order valence-electron chi connectivity index (χ0n) is 13.9. The van der Waals surface area contributed by atoms with Gasteiger partial charge in [-0.15, -0.1) is 0 Å². The summed E-state index contributed by atoms with van der Waals surface area (Å²) in [5.74, 6) is 0.211. The van der Waals surface area contributed by atoms with Gasteiger partial charge in [0, 0.05) is 43.6 Å². The molecule has 2 heterocycles. The number of benzene rings is 1. The number of carbonyl (C=O) groups excluding carboxylic acids is 1. The summed E-state index contributed by atoms with van der Waals surface area (Å²) in [6.45, 7) is 4.64. The molecule has 1 aromatic carbocycles. The van der Waals surface area contributed by atoms with Crippen molar-refractivity contribution >= 4 is 11.6 Å². The van der Waals surface area contributed by atoms with Crippen molar-refractivity contribution in [2.24, 2.45) is 0 Å². The van der Waals surface area contributed by atoms with E-state index in [1.54, 1.807) is 0 Å². The Labute approximate surface area is 137 Å². The van der Waals surface area contributed by atoms with Crippen LogP contribution in [0.15, 0.2) is 42.6 Å². The van der Waals surface area contributed by atoms with Crippen LogP contribution in [0.2, 0.25) is 0 Å². The van der Waals surface area contributed by atoms with E-state index in [9.17, 15) is 4.79 Å². The minimum Gasteiger partial charge on any atom is -0.311 e. The summed E-state index contributed by atoms with van der Waals surface area (Å²) in [4.78, 5) is 16.8. The Morgan fingerprint density at radius 1 is 1.26 bits per heavy atom. The molecule has 0 saturated carbocycles. The van der Waals surface area contributed by atoms with Crippen molar-refractivity contribution < 1.29 is 4.79 Å². The monoisotopic (exact) mass is 312 g/mol. The lowest BCUT2D eigenvalue weighted by molar-refractivity contribution is -0.121. The van der Waals surface area contributed by atoms with Crippen LogP contribution in [-0.4, -0.2) is 46.8 Å². The average Bonchev–Trinajstić information content (AvgIpc) is 3.19. The molecule has 5 nitrogen and oxygen atoms in total. The number of hydrogen-bond acceptors (Lipinski definition) is 3. The lowest BCUT2D eigenvalue weighted by Crippen LogP contribution is -2.40. The Morgan fingerprint density at radius 3 is 2.78 bits per heavy atom. The van der Waals surface area contributed by atoms with E-state index in [0.717, 1.165) is 38.2 Å². The second kappa shape index (κ2) is 6.96. The van der Waals surface area contributed by atoms with Crippen LogP contribution in [0.3, 0.4) is 0 Å². The Bertz CT molecular complexity index is 652. The number of likely N-dealkylation sites (N-methyl/N-ethyl adjacent to an activating group) is 1. The second-order valence-corrected chi connectivity index (χ2v) is 6.00. The number of para-hydroxylation sites is 1. The highest BCUT2D eigenvalue weighted by molar-refractivity contribution is 5.99. The summed E-state index contributed by atoms with van der Waals surface area (Å²) in [5, 5.41) is 4.30. The van der Waals surface area contributed by atoms with Crippen molar-refractivity contribution in [1.29, 1.82) is 0 Å². The van der Waals surface area contributed by atoms with E-state index < -0.39 is 0 Å². The molecule has 1 aliphatic heterocycles. The summed E-state index contributed by atoms with van der Waals surface area (Å²) in [7, 11) is 2.05. The number of hydrogen-bond donors (Lipinski definition) is 0. The highest BCUT2D eigenvalue weighted by Gasteiger charge is 2.34. The van der Waals surface area contributed by atoms with Crippen molar-refractivity contribution in [2.45, 2.75) is 32.4 Å². The van der Waals surface area contributed by atoms with Gasteiger partial charge in [-0.2, -0.15) is 5.10 Å². The van der Waals surface area contributed by atoms with Gasteiger partial charge in [-0.1, -0.05) is 18.2 Å². The van der Waals surface area contributed by atoms with Crippen LogP contribution in [0.25, 0.3) is 0 Å². The second-order valence-electron chi connectivity index (χ2n) is 6.00. The Hall–Kier alpha value is -2.14. The van der Waals surface area contributed by atoms with E-state index in [0.29, 0.717) is 0 Å². The number of amides is 1. The quantitative estimate of drug-likeness (QED) is 0.821. The van der Waals surface area contributed by atoms with E-state index in [-0.39, 0.29) is 11.9 Å². The lowest BCUT2D eigenvalue weighted by Gasteiger charge is -2.23. The molecule has 0 aliphatic carbocycles. The SMILES string of the molecule is CCn1nccc1CCN(C)[C@@H]1CCN(c2ccccc2)C1=O. The largest absolute Gasteiger partial charge is 0.311 e. The number of carbonyl (C=O) groups is 1. The Balaban J connectivity index is 1.60. The van der Waals surface area contributed by atoms with E-state index >= 15 is 0 Å². The molecule has 1 aliphatic rings. The van der Waals surface area contributed by atoms with Gasteiger partial charge in [-0.3, -0.25) is 14.4 Å². The maximum atomic E-state index is 12.7. The molecule has 0 radical (unpaired) electrons. The fraction of sp³-hybridized carbons (Fsp3) is 0.444. The molecule has 1 atom stereocenters. The summed E-state index contributed by atoms with van der Waals surface area (Å²) in [6, 6.07) is 12.0. The predicted molar refractivity (Wildman–Crippen MR) is 91.4 cm³/mol. The zero-order chi connectivity index (χ0) is 16.2. The maximum Gasteiger partial charge on any atom is 0.244 e. The lowest BCUT2D eigenvalue weighted by atomic mass is 10.2. The maximum absolute atomic E-state index is 12.7. The van der Waals surface area contributed by atoms with Gasteiger partial charge in [0.05, 0.1) is 6.04 Å². The molecular weight excluding hydrogens is 288 g/mol. The summed E-state index contributed by atoms with van der Waals surface area (Å²) in [5.41, 5.74) is 2.22. The first-order valence-corrected chi connectivity index (χ1v) is 8.28. The van der Waals surface area contributed by atoms with Crippen molar-refractivity contribution in [2.75, 3.05) is 25.0 Å². The highest BCUT2D eigenvalue weighted by atomic mass is 16.2. The van der Waals surface area contributed by atoms with Crippen LogP contribution >= 0.6 is 0 Å². The minimum atomic E-state index is -0.0202. The van der Waals surface area contributed by atoms with E-state index in [1.807, 2.05) is 53.2 Å². The van der Waals surface area contributed by atoms with Gasteiger partial charge >= 0.3 is 0 Å². The van der Waals surface area contributed by atoms with Crippen LogP contribution in [0.4, 0.5) is 5.69 Å². The van der Waals surface area contributed by atoms with Gasteiger partial charge in [-0.05, 0) is 38.6 Å². The third kappa shape index (κ3) is 3.29. The van der Waals surface area contributed by atoms with Crippen LogP contribution in [0.1, 0.15) is 19.0 Å². The van der Waals surface area contributed by atoms with Crippen molar-refractivity contribution in [3.05, 3.63) is 48.3 Å². The number of anilines is 1. The molecule has 0 N–H and O–H groups in total. The van der Waals surface area contributed by atoms with E-state index in [2.05, 4.69) is 23.0 Å². The van der Waals surface area contributed by atoms with Gasteiger partial charge in [0.2, 0.25) is 5.91 Å². The van der Waals surface area contributed by atoms with E-state index in [4.69, 9.17) is 0 Å². The summed E-state index contributed by atoms with van der Waals surface area (Å²) in [6.07, 6.45) is 3.65. The van der Waals surface area contributed by atoms with Gasteiger partial charge < -0.3 is 4.90 Å². The number of aryl methyl sites for hydroxylation is 1. The molecule has 0 unspecified atom stereocenters. The molecule has 2 aromatic rings. The molecule has 5 heteroatoms. The molecule has 1 aromatic heterocycles. The first kappa shape index (κ1) is 15.7. The summed E-state index contributed by atoms with van der Waals surface area (Å²) >= 11 is 0. The molecular formula is C18H24N4O. The molecule has 1 saturated heterocycles. The van der Waals surface area contributed by atoms with Gasteiger partial charge in [0.1, 0.15) is 0 Å². The Kier molecular flexibility index (Phi) is 4.76. The van der Waals surface area contributed by atoms with Gasteiger partial charge in [0.25, 0.3) is 0 Å². The minimum absolute atomic E-state index is 0.0202. The van der Waals surface area contributed by atoms with Crippen LogP contribution in [0, 0.1) is 0 Å². The fourth-order valence-electron chi connectivity index (χ4n) is 3.24. The molecule has 122 valence electrons. The number of nitrogens with zero attached hydrogens (tertiary/aromatic N) is 4. The molecule has 1 fully saturated rings. The number of rotatable bonds is 6. The topological polar surface area (TPSA) is 41.4 Å². The molecule has 1 amide bonds. The first-order chi connectivity index (χ1) is 11.2. The Morgan fingerprint density at radius 2 is 2.04 bits per heavy atom. The molecule has 0 bridgehead atoms. The van der Waals surface area contributed by atoms with Crippen molar-refractivity contribution in [3.8, 4) is 0 Å². The van der Waals surface area contributed by atoms with Crippen LogP contribution < -0.4 is 4.90 Å². The van der Waals surface area contributed by atoms with E-state index in [1.165, 1.54) is 5.69 Å². The number of aromatic nitrogens is 2. The normalized spacial score (nSPS) is 18.1. The van der Waals surface area contributed by atoms with Gasteiger partial charge in [-0.25, -0.2) is 0 Å². The third-order valence-electron chi connectivity index (χ3n) is 4.60. The van der Waals surface area contributed by atoms with Crippen LogP contribution in [-0.2, 0) is 17.8 Å². The smallest absolute Gasteiger partial charge is 0.244 e. The first-order valence-electron chi connectivity index (χ1n) is 8.28.